The fourth-order valence-corrected chi connectivity index (χ4v) is 3.78. The van der Waals surface area contributed by atoms with E-state index in [9.17, 15) is 0 Å². The quantitative estimate of drug-likeness (QED) is 0.774. The Bertz CT molecular complexity index is 298. The second-order valence-electron chi connectivity index (χ2n) is 6.19. The Kier molecular flexibility index (Phi) is 5.43. The van der Waals surface area contributed by atoms with E-state index >= 15 is 0 Å². The Labute approximate surface area is 118 Å². The number of ether oxygens (including phenoxy) is 1. The molecule has 1 aliphatic heterocycles. The number of hydrogen-bond donors (Lipinski definition) is 1. The van der Waals surface area contributed by atoms with Crippen LogP contribution in [0.5, 0.6) is 0 Å². The van der Waals surface area contributed by atoms with Gasteiger partial charge in [0.1, 0.15) is 0 Å². The summed E-state index contributed by atoms with van der Waals surface area (Å²) in [5.74, 6) is 0. The predicted molar refractivity (Wildman–Crippen MR) is 80.5 cm³/mol. The Balaban J connectivity index is 2.22. The number of nitrogens with zero attached hydrogens (tertiary/aromatic N) is 1. The molecule has 1 atom stereocenters. The van der Waals surface area contributed by atoms with Crippen LogP contribution in [0, 0.1) is 0 Å². The molecule has 1 saturated heterocycles. The standard InChI is InChI=1S/C16H30N2O/c1-4-17-15(13-14(2)3)16(7-5-6-8-16)18-9-11-19-12-10-18/h13,15,17H,4-12H2,1-3H3. The van der Waals surface area contributed by atoms with Gasteiger partial charge in [-0.1, -0.05) is 31.4 Å². The highest BCUT2D eigenvalue weighted by molar-refractivity contribution is 5.14. The number of allylic oxidation sites excluding steroid dienone is 1. The van der Waals surface area contributed by atoms with Crippen molar-refractivity contribution in [3.8, 4) is 0 Å². The summed E-state index contributed by atoms with van der Waals surface area (Å²) in [6.45, 7) is 11.7. The van der Waals surface area contributed by atoms with Crippen molar-refractivity contribution in [1.29, 1.82) is 0 Å². The molecule has 0 aromatic carbocycles. The molecule has 0 radical (unpaired) electrons. The molecule has 0 aromatic rings. The zero-order valence-corrected chi connectivity index (χ0v) is 12.9. The smallest absolute Gasteiger partial charge is 0.0594 e. The maximum absolute atomic E-state index is 5.55. The molecule has 0 aromatic heterocycles. The van der Waals surface area contributed by atoms with Crippen molar-refractivity contribution in [2.45, 2.75) is 58.0 Å². The average molecular weight is 266 g/mol. The van der Waals surface area contributed by atoms with Crippen molar-refractivity contribution in [3.05, 3.63) is 11.6 Å². The van der Waals surface area contributed by atoms with Crippen LogP contribution in [0.3, 0.4) is 0 Å². The SMILES string of the molecule is CCNC(C=C(C)C)C1(N2CCOCC2)CCCC1. The van der Waals surface area contributed by atoms with Gasteiger partial charge in [-0.05, 0) is 33.2 Å². The maximum Gasteiger partial charge on any atom is 0.0594 e. The van der Waals surface area contributed by atoms with Gasteiger partial charge < -0.3 is 10.1 Å². The molecule has 3 heteroatoms. The first-order valence-corrected chi connectivity index (χ1v) is 7.90. The molecule has 2 rings (SSSR count). The van der Waals surface area contributed by atoms with Gasteiger partial charge in [-0.25, -0.2) is 0 Å². The van der Waals surface area contributed by atoms with Crippen LogP contribution in [0.2, 0.25) is 0 Å². The first kappa shape index (κ1) is 15.0. The summed E-state index contributed by atoms with van der Waals surface area (Å²) in [7, 11) is 0. The third-order valence-electron chi connectivity index (χ3n) is 4.61. The number of rotatable bonds is 5. The fourth-order valence-electron chi connectivity index (χ4n) is 3.78. The van der Waals surface area contributed by atoms with E-state index in [1.54, 1.807) is 0 Å². The summed E-state index contributed by atoms with van der Waals surface area (Å²) < 4.78 is 5.55. The molecule has 0 bridgehead atoms. The molecule has 0 amide bonds. The van der Waals surface area contributed by atoms with Crippen LogP contribution in [0.4, 0.5) is 0 Å². The molecule has 1 aliphatic carbocycles. The Morgan fingerprint density at radius 3 is 2.42 bits per heavy atom. The molecule has 2 fully saturated rings. The molecule has 0 spiro atoms. The zero-order chi connectivity index (χ0) is 13.7. The van der Waals surface area contributed by atoms with Gasteiger partial charge >= 0.3 is 0 Å². The number of morpholine rings is 1. The third-order valence-corrected chi connectivity index (χ3v) is 4.61. The number of nitrogens with one attached hydrogen (secondary N) is 1. The molecular formula is C16H30N2O. The van der Waals surface area contributed by atoms with Crippen LogP contribution in [0.1, 0.15) is 46.5 Å². The maximum atomic E-state index is 5.55. The lowest BCUT2D eigenvalue weighted by Crippen LogP contribution is -2.61. The molecule has 1 unspecified atom stereocenters. The van der Waals surface area contributed by atoms with E-state index in [0.717, 1.165) is 32.8 Å². The fraction of sp³-hybridized carbons (Fsp3) is 0.875. The van der Waals surface area contributed by atoms with Gasteiger partial charge in [0.25, 0.3) is 0 Å². The van der Waals surface area contributed by atoms with Gasteiger partial charge in [0.2, 0.25) is 0 Å². The molecule has 110 valence electrons. The summed E-state index contributed by atoms with van der Waals surface area (Å²) in [6, 6.07) is 0.489. The minimum Gasteiger partial charge on any atom is -0.379 e. The van der Waals surface area contributed by atoms with Crippen LogP contribution in [0.15, 0.2) is 11.6 Å². The van der Waals surface area contributed by atoms with Crippen LogP contribution < -0.4 is 5.32 Å². The van der Waals surface area contributed by atoms with Gasteiger partial charge in [0.05, 0.1) is 13.2 Å². The molecule has 2 aliphatic rings. The summed E-state index contributed by atoms with van der Waals surface area (Å²) in [6.07, 6.45) is 7.85. The molecule has 1 heterocycles. The monoisotopic (exact) mass is 266 g/mol. The molecule has 1 saturated carbocycles. The van der Waals surface area contributed by atoms with Gasteiger partial charge in [-0.3, -0.25) is 4.90 Å². The number of likely N-dealkylation sites (N-methyl/N-ethyl adjacent to an activating group) is 1. The molecule has 19 heavy (non-hydrogen) atoms. The van der Waals surface area contributed by atoms with Gasteiger partial charge in [-0.15, -0.1) is 0 Å². The Morgan fingerprint density at radius 1 is 1.26 bits per heavy atom. The minimum absolute atomic E-state index is 0.330. The van der Waals surface area contributed by atoms with E-state index in [-0.39, 0.29) is 0 Å². The Hall–Kier alpha value is -0.380. The van der Waals surface area contributed by atoms with Crippen LogP contribution in [0.25, 0.3) is 0 Å². The lowest BCUT2D eigenvalue weighted by molar-refractivity contribution is -0.0293. The van der Waals surface area contributed by atoms with Crippen LogP contribution >= 0.6 is 0 Å². The van der Waals surface area contributed by atoms with E-state index in [1.165, 1.54) is 31.3 Å². The average Bonchev–Trinajstić information content (AvgIpc) is 2.89. The van der Waals surface area contributed by atoms with E-state index in [4.69, 9.17) is 4.74 Å². The second kappa shape index (κ2) is 6.87. The van der Waals surface area contributed by atoms with Crippen LogP contribution in [-0.2, 0) is 4.74 Å². The summed E-state index contributed by atoms with van der Waals surface area (Å²) in [5.41, 5.74) is 1.75. The highest BCUT2D eigenvalue weighted by Gasteiger charge is 2.45. The van der Waals surface area contributed by atoms with Crippen LogP contribution in [-0.4, -0.2) is 49.3 Å². The van der Waals surface area contributed by atoms with E-state index < -0.39 is 0 Å². The van der Waals surface area contributed by atoms with Gasteiger partial charge in [0, 0.05) is 24.7 Å². The van der Waals surface area contributed by atoms with Gasteiger partial charge in [0.15, 0.2) is 0 Å². The first-order valence-electron chi connectivity index (χ1n) is 7.90. The van der Waals surface area contributed by atoms with E-state index in [0.29, 0.717) is 11.6 Å². The van der Waals surface area contributed by atoms with E-state index in [1.807, 2.05) is 0 Å². The molecular weight excluding hydrogens is 236 g/mol. The van der Waals surface area contributed by atoms with Crippen molar-refractivity contribution in [2.24, 2.45) is 0 Å². The lowest BCUT2D eigenvalue weighted by Gasteiger charge is -2.48. The van der Waals surface area contributed by atoms with Crippen molar-refractivity contribution in [3.63, 3.8) is 0 Å². The summed E-state index contributed by atoms with van der Waals surface area (Å²) in [5, 5.41) is 3.74. The second-order valence-corrected chi connectivity index (χ2v) is 6.19. The summed E-state index contributed by atoms with van der Waals surface area (Å²) >= 11 is 0. The van der Waals surface area contributed by atoms with E-state index in [2.05, 4.69) is 37.1 Å². The Morgan fingerprint density at radius 2 is 1.89 bits per heavy atom. The molecule has 1 N–H and O–H groups in total. The topological polar surface area (TPSA) is 24.5 Å². The van der Waals surface area contributed by atoms with Gasteiger partial charge in [-0.2, -0.15) is 0 Å². The molecule has 3 nitrogen and oxygen atoms in total. The lowest BCUT2D eigenvalue weighted by atomic mass is 9.84. The minimum atomic E-state index is 0.330. The largest absolute Gasteiger partial charge is 0.379 e. The highest BCUT2D eigenvalue weighted by Crippen LogP contribution is 2.39. The van der Waals surface area contributed by atoms with Crippen molar-refractivity contribution in [1.82, 2.24) is 10.2 Å². The van der Waals surface area contributed by atoms with Crippen molar-refractivity contribution in [2.75, 3.05) is 32.8 Å². The predicted octanol–water partition coefficient (Wildman–Crippen LogP) is 2.58. The highest BCUT2D eigenvalue weighted by atomic mass is 16.5. The zero-order valence-electron chi connectivity index (χ0n) is 12.9. The van der Waals surface area contributed by atoms with Crippen molar-refractivity contribution < 1.29 is 4.74 Å². The normalized spacial score (nSPS) is 25.2. The number of hydrogen-bond acceptors (Lipinski definition) is 3. The van der Waals surface area contributed by atoms with Crippen molar-refractivity contribution >= 4 is 0 Å². The first-order chi connectivity index (χ1) is 9.19. The third kappa shape index (κ3) is 3.39. The summed E-state index contributed by atoms with van der Waals surface area (Å²) in [4.78, 5) is 2.70.